The van der Waals surface area contributed by atoms with Gasteiger partial charge in [0.2, 0.25) is 5.95 Å². The Morgan fingerprint density at radius 3 is 2.20 bits per heavy atom. The minimum Gasteiger partial charge on any atom is -0.342 e. The number of nitrogens with zero attached hydrogens (tertiary/aromatic N) is 3. The zero-order valence-electron chi connectivity index (χ0n) is 23.2. The Kier molecular flexibility index (Phi) is 8.23. The van der Waals surface area contributed by atoms with Gasteiger partial charge in [-0.3, -0.25) is 4.79 Å². The number of imidazole rings is 1. The first-order valence-corrected chi connectivity index (χ1v) is 14.9. The summed E-state index contributed by atoms with van der Waals surface area (Å²) in [4.78, 5) is 20.8. The maximum Gasteiger partial charge on any atom is 0.206 e. The van der Waals surface area contributed by atoms with Gasteiger partial charge in [-0.15, -0.1) is 0 Å². The molecule has 4 nitrogen and oxygen atoms in total. The Balaban J connectivity index is 1.07. The highest BCUT2D eigenvalue weighted by Crippen LogP contribution is 2.32. The number of benzene rings is 3. The molecule has 0 N–H and O–H groups in total. The molecular weight excluding hydrogens is 490 g/mol. The van der Waals surface area contributed by atoms with Crippen LogP contribution in [0.5, 0.6) is 0 Å². The van der Waals surface area contributed by atoms with Crippen LogP contribution < -0.4 is 4.90 Å². The first kappa shape index (κ1) is 26.3. The Morgan fingerprint density at radius 2 is 1.52 bits per heavy atom. The molecule has 1 unspecified atom stereocenters. The van der Waals surface area contributed by atoms with Crippen LogP contribution in [-0.4, -0.2) is 28.4 Å². The van der Waals surface area contributed by atoms with E-state index in [-0.39, 0.29) is 5.92 Å². The second-order valence-electron chi connectivity index (χ2n) is 11.4. The fraction of sp³-hybridized carbons (Fsp3) is 0.333. The molecule has 4 aromatic rings. The molecule has 0 spiro atoms. The van der Waals surface area contributed by atoms with E-state index in [1.54, 1.807) is 0 Å². The molecule has 204 valence electrons. The normalized spacial score (nSPS) is 17.6. The van der Waals surface area contributed by atoms with Gasteiger partial charge < -0.3 is 9.47 Å². The number of hydrogen-bond acceptors (Lipinski definition) is 3. The molecule has 0 bridgehead atoms. The number of para-hydroxylation sites is 2. The lowest BCUT2D eigenvalue weighted by Crippen LogP contribution is -2.36. The predicted molar refractivity (Wildman–Crippen MR) is 165 cm³/mol. The average Bonchev–Trinajstić information content (AvgIpc) is 3.38. The maximum atomic E-state index is 13.2. The van der Waals surface area contributed by atoms with Crippen LogP contribution in [0.1, 0.15) is 55.6 Å². The van der Waals surface area contributed by atoms with Gasteiger partial charge >= 0.3 is 0 Å². The third-order valence-electron chi connectivity index (χ3n) is 8.69. The van der Waals surface area contributed by atoms with Gasteiger partial charge in [-0.05, 0) is 60.8 Å². The lowest BCUT2D eigenvalue weighted by Gasteiger charge is -2.33. The Bertz CT molecular complexity index is 1420. The summed E-state index contributed by atoms with van der Waals surface area (Å²) in [6, 6.07) is 29.5. The van der Waals surface area contributed by atoms with Crippen LogP contribution >= 0.6 is 0 Å². The van der Waals surface area contributed by atoms with E-state index in [4.69, 9.17) is 4.98 Å². The van der Waals surface area contributed by atoms with Gasteiger partial charge in [0.05, 0.1) is 11.0 Å². The van der Waals surface area contributed by atoms with Gasteiger partial charge in [0.1, 0.15) is 5.78 Å². The van der Waals surface area contributed by atoms with Crippen molar-refractivity contribution in [2.45, 2.75) is 51.0 Å². The summed E-state index contributed by atoms with van der Waals surface area (Å²) in [5.41, 5.74) is 4.74. The highest BCUT2D eigenvalue weighted by atomic mass is 16.1. The smallest absolute Gasteiger partial charge is 0.206 e. The lowest BCUT2D eigenvalue weighted by molar-refractivity contribution is -0.119. The number of carbonyl (C=O) groups is 1. The molecular formula is C36H39N3O. The van der Waals surface area contributed by atoms with Crippen LogP contribution in [0, 0.1) is 11.8 Å². The van der Waals surface area contributed by atoms with Crippen LogP contribution in [-0.2, 0) is 11.3 Å². The minimum atomic E-state index is 0.124. The van der Waals surface area contributed by atoms with Crippen molar-refractivity contribution in [2.75, 3.05) is 18.0 Å². The molecule has 1 aliphatic heterocycles. The highest BCUT2D eigenvalue weighted by Gasteiger charge is 2.26. The van der Waals surface area contributed by atoms with Crippen LogP contribution in [0.4, 0.5) is 5.95 Å². The minimum absolute atomic E-state index is 0.124. The monoisotopic (exact) mass is 529 g/mol. The van der Waals surface area contributed by atoms with Crippen molar-refractivity contribution in [2.24, 2.45) is 11.8 Å². The fourth-order valence-electron chi connectivity index (χ4n) is 6.40. The summed E-state index contributed by atoms with van der Waals surface area (Å²) >= 11 is 0. The summed E-state index contributed by atoms with van der Waals surface area (Å²) in [6.45, 7) is 2.95. The van der Waals surface area contributed by atoms with Gasteiger partial charge in [0.25, 0.3) is 0 Å². The molecule has 0 saturated carbocycles. The lowest BCUT2D eigenvalue weighted by atomic mass is 9.85. The first-order valence-electron chi connectivity index (χ1n) is 14.9. The zero-order chi connectivity index (χ0) is 27.1. The van der Waals surface area contributed by atoms with Crippen LogP contribution in [0.3, 0.4) is 0 Å². The Labute approximate surface area is 238 Å². The zero-order valence-corrected chi connectivity index (χ0v) is 23.2. The number of piperidine rings is 1. The first-order chi connectivity index (χ1) is 19.7. The summed E-state index contributed by atoms with van der Waals surface area (Å²) in [6.07, 6.45) is 14.4. The van der Waals surface area contributed by atoms with Gasteiger partial charge in [-0.1, -0.05) is 97.1 Å². The molecule has 2 heterocycles. The maximum absolute atomic E-state index is 13.2. The van der Waals surface area contributed by atoms with Gasteiger partial charge in [-0.25, -0.2) is 4.98 Å². The van der Waals surface area contributed by atoms with E-state index < -0.39 is 0 Å². The molecule has 40 heavy (non-hydrogen) atoms. The molecule has 4 heteroatoms. The molecule has 2 aliphatic rings. The van der Waals surface area contributed by atoms with Crippen molar-refractivity contribution in [3.63, 3.8) is 0 Å². The van der Waals surface area contributed by atoms with Crippen molar-refractivity contribution in [1.82, 2.24) is 9.55 Å². The van der Waals surface area contributed by atoms with E-state index in [1.165, 1.54) is 16.6 Å². The molecule has 1 fully saturated rings. The molecule has 3 aromatic carbocycles. The van der Waals surface area contributed by atoms with Crippen molar-refractivity contribution in [1.29, 1.82) is 0 Å². The number of allylic oxidation sites excluding steroid dienone is 4. The van der Waals surface area contributed by atoms with E-state index in [0.717, 1.165) is 56.8 Å². The summed E-state index contributed by atoms with van der Waals surface area (Å²) < 4.78 is 2.43. The summed E-state index contributed by atoms with van der Waals surface area (Å²) in [7, 11) is 0. The van der Waals surface area contributed by atoms with E-state index in [9.17, 15) is 4.79 Å². The second-order valence-corrected chi connectivity index (χ2v) is 11.4. The number of ketones is 1. The molecule has 1 aliphatic carbocycles. The standard InChI is InChI=1S/C36H39N3O/c40-32(26-33(30-14-6-2-7-15-30)31-16-8-3-9-17-31)21-20-28-22-24-38(25-23-28)36-37-34-18-10-11-19-35(34)39(36)27-29-12-4-1-5-13-29/h1-12,14-19,28-29,33H,13,20-27H2. The summed E-state index contributed by atoms with van der Waals surface area (Å²) in [5.74, 6) is 2.69. The fourth-order valence-corrected chi connectivity index (χ4v) is 6.40. The SMILES string of the molecule is O=C(CCC1CCN(c2nc3ccccc3n2CC2C=CC=CC2)CC1)CC(c1ccccc1)c1ccccc1. The number of fused-ring (bicyclic) bond motifs is 1. The number of rotatable bonds is 10. The number of hydrogen-bond donors (Lipinski definition) is 0. The quantitative estimate of drug-likeness (QED) is 0.209. The Morgan fingerprint density at radius 1 is 0.850 bits per heavy atom. The molecule has 1 atom stereocenters. The topological polar surface area (TPSA) is 38.1 Å². The molecule has 0 amide bonds. The van der Waals surface area contributed by atoms with Gasteiger partial charge in [0.15, 0.2) is 0 Å². The second kappa shape index (κ2) is 12.5. The van der Waals surface area contributed by atoms with Gasteiger partial charge in [-0.2, -0.15) is 0 Å². The highest BCUT2D eigenvalue weighted by molar-refractivity contribution is 5.80. The number of aromatic nitrogens is 2. The molecule has 0 radical (unpaired) electrons. The van der Waals surface area contributed by atoms with Crippen molar-refractivity contribution in [3.8, 4) is 0 Å². The third kappa shape index (κ3) is 6.12. The van der Waals surface area contributed by atoms with E-state index in [2.05, 4.69) is 107 Å². The summed E-state index contributed by atoms with van der Waals surface area (Å²) in [5, 5.41) is 0. The van der Waals surface area contributed by atoms with Crippen LogP contribution in [0.2, 0.25) is 0 Å². The van der Waals surface area contributed by atoms with Crippen LogP contribution in [0.25, 0.3) is 11.0 Å². The third-order valence-corrected chi connectivity index (χ3v) is 8.69. The Hall–Kier alpha value is -3.92. The van der Waals surface area contributed by atoms with E-state index in [1.807, 2.05) is 12.1 Å². The van der Waals surface area contributed by atoms with Crippen molar-refractivity contribution < 1.29 is 4.79 Å². The number of Topliss-reactive ketones (excluding diaryl/α,β-unsaturated/α-hetero) is 1. The average molecular weight is 530 g/mol. The molecule has 1 saturated heterocycles. The van der Waals surface area contributed by atoms with Gasteiger partial charge in [0, 0.05) is 38.4 Å². The molecule has 6 rings (SSSR count). The largest absolute Gasteiger partial charge is 0.342 e. The van der Waals surface area contributed by atoms with Crippen molar-refractivity contribution in [3.05, 3.63) is 120 Å². The number of anilines is 1. The van der Waals surface area contributed by atoms with E-state index >= 15 is 0 Å². The van der Waals surface area contributed by atoms with E-state index in [0.29, 0.717) is 30.5 Å². The predicted octanol–water partition coefficient (Wildman–Crippen LogP) is 7.96. The van der Waals surface area contributed by atoms with Crippen molar-refractivity contribution >= 4 is 22.8 Å². The number of carbonyl (C=O) groups excluding carboxylic acids is 1. The van der Waals surface area contributed by atoms with Crippen LogP contribution in [0.15, 0.2) is 109 Å². The molecule has 1 aromatic heterocycles.